The zero-order valence-corrected chi connectivity index (χ0v) is 17.3. The number of fused-ring (bicyclic) bond motifs is 3. The molecular formula is C24H26N2O5. The van der Waals surface area contributed by atoms with Crippen molar-refractivity contribution >= 4 is 18.0 Å². The smallest absolute Gasteiger partial charge is 0.407 e. The molecule has 0 spiro atoms. The summed E-state index contributed by atoms with van der Waals surface area (Å²) in [4.78, 5) is 35.1. The first-order valence-corrected chi connectivity index (χ1v) is 10.5. The first kappa shape index (κ1) is 20.9. The molecule has 0 heterocycles. The van der Waals surface area contributed by atoms with Crippen molar-refractivity contribution in [3.8, 4) is 11.1 Å². The number of hydrogen-bond donors (Lipinski definition) is 3. The van der Waals surface area contributed by atoms with E-state index in [-0.39, 0.29) is 36.7 Å². The third-order valence-electron chi connectivity index (χ3n) is 6.00. The van der Waals surface area contributed by atoms with E-state index in [0.717, 1.165) is 22.3 Å². The summed E-state index contributed by atoms with van der Waals surface area (Å²) in [5.41, 5.74) is 4.61. The number of carbonyl (C=O) groups is 3. The summed E-state index contributed by atoms with van der Waals surface area (Å²) in [6.07, 6.45) is 0.146. The Kier molecular flexibility index (Phi) is 5.93. The molecule has 2 aromatic rings. The van der Waals surface area contributed by atoms with Crippen LogP contribution in [0.2, 0.25) is 0 Å². The summed E-state index contributed by atoms with van der Waals surface area (Å²) in [5, 5.41) is 14.3. The number of benzene rings is 2. The molecule has 162 valence electrons. The lowest BCUT2D eigenvalue weighted by Gasteiger charge is -2.17. The zero-order chi connectivity index (χ0) is 22.0. The Balaban J connectivity index is 1.24. The van der Waals surface area contributed by atoms with E-state index in [4.69, 9.17) is 9.84 Å². The number of amides is 2. The van der Waals surface area contributed by atoms with Crippen molar-refractivity contribution in [2.45, 2.75) is 31.7 Å². The number of carbonyl (C=O) groups excluding carboxylic acids is 2. The molecule has 2 aromatic carbocycles. The zero-order valence-electron chi connectivity index (χ0n) is 17.3. The van der Waals surface area contributed by atoms with Gasteiger partial charge in [0.2, 0.25) is 5.91 Å². The van der Waals surface area contributed by atoms with Gasteiger partial charge >= 0.3 is 12.1 Å². The van der Waals surface area contributed by atoms with Crippen LogP contribution in [0.15, 0.2) is 48.5 Å². The van der Waals surface area contributed by atoms with Gasteiger partial charge in [-0.2, -0.15) is 0 Å². The van der Waals surface area contributed by atoms with E-state index in [0.29, 0.717) is 13.0 Å². The molecule has 0 aliphatic heterocycles. The first-order valence-electron chi connectivity index (χ1n) is 10.5. The summed E-state index contributed by atoms with van der Waals surface area (Å²) in [6, 6.07) is 15.9. The molecule has 0 aromatic heterocycles. The van der Waals surface area contributed by atoms with Crippen molar-refractivity contribution in [1.82, 2.24) is 10.6 Å². The van der Waals surface area contributed by atoms with E-state index in [9.17, 15) is 14.4 Å². The molecule has 0 radical (unpaired) electrons. The molecule has 3 N–H and O–H groups in total. The minimum atomic E-state index is -0.815. The quantitative estimate of drug-likeness (QED) is 0.606. The number of nitrogens with one attached hydrogen (secondary N) is 2. The minimum absolute atomic E-state index is 0.00634. The van der Waals surface area contributed by atoms with Crippen LogP contribution in [0.3, 0.4) is 0 Å². The Morgan fingerprint density at radius 3 is 2.26 bits per heavy atom. The number of alkyl carbamates (subject to hydrolysis) is 1. The molecule has 0 saturated heterocycles. The van der Waals surface area contributed by atoms with Crippen LogP contribution >= 0.6 is 0 Å². The molecule has 1 fully saturated rings. The monoisotopic (exact) mass is 422 g/mol. The Hall–Kier alpha value is -3.35. The molecule has 1 saturated carbocycles. The van der Waals surface area contributed by atoms with Crippen LogP contribution in [-0.4, -0.2) is 42.3 Å². The SMILES string of the molecule is C[C@H](CC(=O)NC[C@@H]1C[C@@H]1C(=O)O)NC(=O)OCC1c2ccccc2-c2ccccc21. The predicted octanol–water partition coefficient (Wildman–Crippen LogP) is 3.14. The Bertz CT molecular complexity index is 959. The number of aliphatic carboxylic acids is 1. The van der Waals surface area contributed by atoms with Gasteiger partial charge in [0.15, 0.2) is 0 Å². The number of rotatable bonds is 8. The molecule has 31 heavy (non-hydrogen) atoms. The summed E-state index contributed by atoms with van der Waals surface area (Å²) in [6.45, 7) is 2.31. The molecule has 7 heteroatoms. The highest BCUT2D eigenvalue weighted by atomic mass is 16.5. The maximum atomic E-state index is 12.3. The fraction of sp³-hybridized carbons (Fsp3) is 0.375. The van der Waals surface area contributed by atoms with Crippen molar-refractivity contribution in [3.05, 3.63) is 59.7 Å². The summed E-state index contributed by atoms with van der Waals surface area (Å²) < 4.78 is 5.49. The first-order chi connectivity index (χ1) is 14.9. The normalized spacial score (nSPS) is 19.6. The van der Waals surface area contributed by atoms with Crippen molar-refractivity contribution in [2.24, 2.45) is 11.8 Å². The van der Waals surface area contributed by atoms with Gasteiger partial charge in [-0.1, -0.05) is 48.5 Å². The van der Waals surface area contributed by atoms with Gasteiger partial charge in [-0.3, -0.25) is 9.59 Å². The summed E-state index contributed by atoms with van der Waals surface area (Å²) in [5.74, 6) is -1.40. The fourth-order valence-electron chi connectivity index (χ4n) is 4.26. The second kappa shape index (κ2) is 8.79. The molecule has 7 nitrogen and oxygen atoms in total. The Labute approximate surface area is 180 Å². The maximum absolute atomic E-state index is 12.3. The number of carboxylic acid groups (broad SMARTS) is 1. The van der Waals surface area contributed by atoms with Crippen LogP contribution in [0.5, 0.6) is 0 Å². The van der Waals surface area contributed by atoms with E-state index in [2.05, 4.69) is 34.9 Å². The van der Waals surface area contributed by atoms with Gasteiger partial charge in [-0.05, 0) is 41.5 Å². The van der Waals surface area contributed by atoms with Gasteiger partial charge in [0, 0.05) is 24.9 Å². The average molecular weight is 422 g/mol. The van der Waals surface area contributed by atoms with Crippen LogP contribution in [0.1, 0.15) is 36.8 Å². The summed E-state index contributed by atoms with van der Waals surface area (Å²) in [7, 11) is 0. The molecular weight excluding hydrogens is 396 g/mol. The standard InChI is InChI=1S/C24H26N2O5/c1-14(10-22(27)25-12-15-11-20(15)23(28)29)26-24(30)31-13-21-18-8-4-2-6-16(18)17-7-3-5-9-19(17)21/h2-9,14-15,20-21H,10-13H2,1H3,(H,25,27)(H,26,30)(H,28,29)/t14-,15+,20+/m1/s1. The fourth-order valence-corrected chi connectivity index (χ4v) is 4.26. The van der Waals surface area contributed by atoms with Crippen molar-refractivity contribution < 1.29 is 24.2 Å². The van der Waals surface area contributed by atoms with E-state index in [1.54, 1.807) is 6.92 Å². The highest BCUT2D eigenvalue weighted by Gasteiger charge is 2.43. The van der Waals surface area contributed by atoms with Gasteiger partial charge in [-0.25, -0.2) is 4.79 Å². The van der Waals surface area contributed by atoms with E-state index in [1.165, 1.54) is 0 Å². The summed E-state index contributed by atoms with van der Waals surface area (Å²) >= 11 is 0. The largest absolute Gasteiger partial charge is 0.481 e. The number of carboxylic acids is 1. The molecule has 0 bridgehead atoms. The molecule has 2 amide bonds. The lowest BCUT2D eigenvalue weighted by Crippen LogP contribution is -2.38. The highest BCUT2D eigenvalue weighted by molar-refractivity contribution is 5.80. The highest BCUT2D eigenvalue weighted by Crippen LogP contribution is 2.44. The second-order valence-corrected chi connectivity index (χ2v) is 8.32. The Morgan fingerprint density at radius 1 is 1.06 bits per heavy atom. The molecule has 0 unspecified atom stereocenters. The maximum Gasteiger partial charge on any atom is 0.407 e. The minimum Gasteiger partial charge on any atom is -0.481 e. The van der Waals surface area contributed by atoms with Gasteiger partial charge in [0.25, 0.3) is 0 Å². The van der Waals surface area contributed by atoms with Crippen LogP contribution < -0.4 is 10.6 Å². The Morgan fingerprint density at radius 2 is 1.68 bits per heavy atom. The van der Waals surface area contributed by atoms with Crippen molar-refractivity contribution in [2.75, 3.05) is 13.2 Å². The van der Waals surface area contributed by atoms with E-state index in [1.807, 2.05) is 24.3 Å². The van der Waals surface area contributed by atoms with Gasteiger partial charge < -0.3 is 20.5 Å². The molecule has 2 aliphatic carbocycles. The average Bonchev–Trinajstić information content (AvgIpc) is 3.46. The predicted molar refractivity (Wildman–Crippen MR) is 115 cm³/mol. The third-order valence-corrected chi connectivity index (χ3v) is 6.00. The van der Waals surface area contributed by atoms with Crippen LogP contribution in [-0.2, 0) is 14.3 Å². The van der Waals surface area contributed by atoms with Crippen LogP contribution in [0, 0.1) is 11.8 Å². The third kappa shape index (κ3) is 4.71. The van der Waals surface area contributed by atoms with Gasteiger partial charge in [-0.15, -0.1) is 0 Å². The van der Waals surface area contributed by atoms with E-state index >= 15 is 0 Å². The topological polar surface area (TPSA) is 105 Å². The molecule has 2 aliphatic rings. The van der Waals surface area contributed by atoms with Gasteiger partial charge in [0.05, 0.1) is 5.92 Å². The number of ether oxygens (including phenoxy) is 1. The second-order valence-electron chi connectivity index (χ2n) is 8.32. The molecule has 4 rings (SSSR count). The van der Waals surface area contributed by atoms with Gasteiger partial charge in [0.1, 0.15) is 6.61 Å². The molecule has 3 atom stereocenters. The van der Waals surface area contributed by atoms with Crippen molar-refractivity contribution in [3.63, 3.8) is 0 Å². The lowest BCUT2D eigenvalue weighted by atomic mass is 9.98. The van der Waals surface area contributed by atoms with E-state index < -0.39 is 18.1 Å². The lowest BCUT2D eigenvalue weighted by molar-refractivity contribution is -0.139. The van der Waals surface area contributed by atoms with Crippen molar-refractivity contribution in [1.29, 1.82) is 0 Å². The number of hydrogen-bond acceptors (Lipinski definition) is 4. The van der Waals surface area contributed by atoms with Crippen LogP contribution in [0.4, 0.5) is 4.79 Å². The van der Waals surface area contributed by atoms with Crippen LogP contribution in [0.25, 0.3) is 11.1 Å².